The fourth-order valence-electron chi connectivity index (χ4n) is 2.89. The van der Waals surface area contributed by atoms with Crippen molar-refractivity contribution in [3.8, 4) is 0 Å². The normalized spacial score (nSPS) is 12.1. The summed E-state index contributed by atoms with van der Waals surface area (Å²) in [5.41, 5.74) is 0. The molecule has 0 rings (SSSR count). The van der Waals surface area contributed by atoms with E-state index < -0.39 is 18.0 Å². The van der Waals surface area contributed by atoms with Crippen LogP contribution >= 0.6 is 0 Å². The van der Waals surface area contributed by atoms with Crippen LogP contribution in [-0.2, 0) is 14.3 Å². The van der Waals surface area contributed by atoms with E-state index in [4.69, 9.17) is 5.11 Å². The molecule has 25 heavy (non-hydrogen) atoms. The van der Waals surface area contributed by atoms with Crippen molar-refractivity contribution in [2.45, 2.75) is 123 Å². The van der Waals surface area contributed by atoms with E-state index in [1.165, 1.54) is 84.0 Å². The summed E-state index contributed by atoms with van der Waals surface area (Å²) in [4.78, 5) is 22.4. The van der Waals surface area contributed by atoms with Gasteiger partial charge in [-0.2, -0.15) is 0 Å². The van der Waals surface area contributed by atoms with Crippen molar-refractivity contribution in [3.63, 3.8) is 0 Å². The minimum Gasteiger partial charge on any atom is -0.391 e. The first kappa shape index (κ1) is 24.1. The van der Waals surface area contributed by atoms with Gasteiger partial charge >= 0.3 is 11.9 Å². The maximum atomic E-state index is 11.3. The molecule has 0 spiro atoms. The average Bonchev–Trinajstić information content (AvgIpc) is 2.58. The number of aliphatic hydroxyl groups excluding tert-OH is 1. The van der Waals surface area contributed by atoms with Crippen LogP contribution in [0.25, 0.3) is 0 Å². The second kappa shape index (κ2) is 17.9. The average molecular weight is 357 g/mol. The maximum absolute atomic E-state index is 11.3. The summed E-state index contributed by atoms with van der Waals surface area (Å²) in [5, 5.41) is 8.95. The molecule has 0 heterocycles. The molecular weight excluding hydrogens is 316 g/mol. The standard InChI is InChI=1S/C21H40O4/c1-3-4-5-6-7-8-9-10-11-12-13-14-15-16-17-18-20(23)25-21(24)19(2)22/h19,22H,3-18H2,1-2H3/t19-/m0/s1. The van der Waals surface area contributed by atoms with E-state index in [2.05, 4.69) is 11.7 Å². The SMILES string of the molecule is CCCCCCCCCCCCCCCCCC(=O)OC(=O)[C@H](C)O. The van der Waals surface area contributed by atoms with Gasteiger partial charge in [0.15, 0.2) is 0 Å². The molecule has 1 N–H and O–H groups in total. The van der Waals surface area contributed by atoms with E-state index in [-0.39, 0.29) is 6.42 Å². The molecule has 0 unspecified atom stereocenters. The van der Waals surface area contributed by atoms with Gasteiger partial charge in [0.1, 0.15) is 6.10 Å². The smallest absolute Gasteiger partial charge is 0.342 e. The van der Waals surface area contributed by atoms with Crippen molar-refractivity contribution in [2.75, 3.05) is 0 Å². The summed E-state index contributed by atoms with van der Waals surface area (Å²) in [6.45, 7) is 3.55. The first-order chi connectivity index (χ1) is 12.1. The molecule has 0 aromatic carbocycles. The molecule has 0 amide bonds. The molecule has 0 saturated carbocycles. The lowest BCUT2D eigenvalue weighted by Crippen LogP contribution is -2.22. The third-order valence-electron chi connectivity index (χ3n) is 4.54. The molecular formula is C21H40O4. The fourth-order valence-corrected chi connectivity index (χ4v) is 2.89. The Hall–Kier alpha value is -0.900. The predicted octanol–water partition coefficient (Wildman–Crippen LogP) is 5.70. The number of rotatable bonds is 17. The summed E-state index contributed by atoms with van der Waals surface area (Å²) >= 11 is 0. The Morgan fingerprint density at radius 2 is 1.08 bits per heavy atom. The molecule has 0 aromatic rings. The van der Waals surface area contributed by atoms with Crippen molar-refractivity contribution in [1.29, 1.82) is 0 Å². The van der Waals surface area contributed by atoms with Gasteiger partial charge in [-0.1, -0.05) is 96.8 Å². The zero-order chi connectivity index (χ0) is 18.8. The molecule has 4 nitrogen and oxygen atoms in total. The van der Waals surface area contributed by atoms with Crippen LogP contribution in [0.5, 0.6) is 0 Å². The van der Waals surface area contributed by atoms with E-state index in [9.17, 15) is 9.59 Å². The highest BCUT2D eigenvalue weighted by Gasteiger charge is 2.14. The number of carbonyl (C=O) groups excluding carboxylic acids is 2. The van der Waals surface area contributed by atoms with Gasteiger partial charge in [0.2, 0.25) is 0 Å². The number of hydrogen-bond acceptors (Lipinski definition) is 4. The van der Waals surface area contributed by atoms with E-state index >= 15 is 0 Å². The van der Waals surface area contributed by atoms with E-state index in [0.717, 1.165) is 19.3 Å². The lowest BCUT2D eigenvalue weighted by Gasteiger charge is -2.05. The second-order valence-electron chi connectivity index (χ2n) is 7.17. The zero-order valence-electron chi connectivity index (χ0n) is 16.6. The van der Waals surface area contributed by atoms with Crippen molar-refractivity contribution in [3.05, 3.63) is 0 Å². The molecule has 0 bridgehead atoms. The summed E-state index contributed by atoms with van der Waals surface area (Å²) in [5.74, 6) is -1.38. The highest BCUT2D eigenvalue weighted by molar-refractivity contribution is 5.87. The topological polar surface area (TPSA) is 63.6 Å². The summed E-state index contributed by atoms with van der Waals surface area (Å²) in [7, 11) is 0. The highest BCUT2D eigenvalue weighted by atomic mass is 16.6. The van der Waals surface area contributed by atoms with Crippen LogP contribution in [0.4, 0.5) is 0 Å². The molecule has 0 aliphatic heterocycles. The summed E-state index contributed by atoms with van der Waals surface area (Å²) in [6.07, 6.45) is 18.2. The Bertz CT molecular complexity index is 326. The zero-order valence-corrected chi connectivity index (χ0v) is 16.6. The van der Waals surface area contributed by atoms with E-state index in [1.54, 1.807) is 0 Å². The van der Waals surface area contributed by atoms with Crippen LogP contribution in [-0.4, -0.2) is 23.1 Å². The molecule has 0 aliphatic carbocycles. The molecule has 0 fully saturated rings. The summed E-state index contributed by atoms with van der Waals surface area (Å²) in [6, 6.07) is 0. The van der Waals surface area contributed by atoms with Gasteiger partial charge in [0, 0.05) is 6.42 Å². The predicted molar refractivity (Wildman–Crippen MR) is 102 cm³/mol. The first-order valence-corrected chi connectivity index (χ1v) is 10.5. The Balaban J connectivity index is 3.19. The lowest BCUT2D eigenvalue weighted by molar-refractivity contribution is -0.165. The summed E-state index contributed by atoms with van der Waals surface area (Å²) < 4.78 is 4.50. The van der Waals surface area contributed by atoms with Gasteiger partial charge in [-0.05, 0) is 13.3 Å². The molecule has 0 radical (unpaired) electrons. The Morgan fingerprint density at radius 3 is 1.44 bits per heavy atom. The van der Waals surface area contributed by atoms with Crippen LogP contribution in [0.1, 0.15) is 117 Å². The number of unbranched alkanes of at least 4 members (excludes halogenated alkanes) is 14. The van der Waals surface area contributed by atoms with Gasteiger partial charge in [0.05, 0.1) is 0 Å². The second-order valence-corrected chi connectivity index (χ2v) is 7.17. The number of esters is 2. The minimum absolute atomic E-state index is 0.261. The third kappa shape index (κ3) is 17.7. The van der Waals surface area contributed by atoms with Crippen LogP contribution in [0.3, 0.4) is 0 Å². The number of ether oxygens (including phenoxy) is 1. The van der Waals surface area contributed by atoms with Crippen molar-refractivity contribution >= 4 is 11.9 Å². The Morgan fingerprint density at radius 1 is 0.720 bits per heavy atom. The minimum atomic E-state index is -1.23. The monoisotopic (exact) mass is 356 g/mol. The quantitative estimate of drug-likeness (QED) is 0.206. The van der Waals surface area contributed by atoms with Crippen molar-refractivity contribution in [2.24, 2.45) is 0 Å². The third-order valence-corrected chi connectivity index (χ3v) is 4.54. The molecule has 1 atom stereocenters. The van der Waals surface area contributed by atoms with Gasteiger partial charge in [-0.15, -0.1) is 0 Å². The number of hydrogen-bond donors (Lipinski definition) is 1. The van der Waals surface area contributed by atoms with E-state index in [0.29, 0.717) is 0 Å². The van der Waals surface area contributed by atoms with E-state index in [1.807, 2.05) is 0 Å². The molecule has 0 aromatic heterocycles. The fraction of sp³-hybridized carbons (Fsp3) is 0.905. The molecule has 0 saturated heterocycles. The molecule has 148 valence electrons. The van der Waals surface area contributed by atoms with Crippen LogP contribution < -0.4 is 0 Å². The number of carbonyl (C=O) groups is 2. The molecule has 4 heteroatoms. The Kier molecular flexibility index (Phi) is 17.3. The van der Waals surface area contributed by atoms with Crippen molar-refractivity contribution in [1.82, 2.24) is 0 Å². The van der Waals surface area contributed by atoms with Crippen LogP contribution in [0.2, 0.25) is 0 Å². The maximum Gasteiger partial charge on any atom is 0.342 e. The van der Waals surface area contributed by atoms with Crippen molar-refractivity contribution < 1.29 is 19.4 Å². The highest BCUT2D eigenvalue weighted by Crippen LogP contribution is 2.13. The van der Waals surface area contributed by atoms with Gasteiger partial charge in [-0.25, -0.2) is 4.79 Å². The van der Waals surface area contributed by atoms with Gasteiger partial charge in [-0.3, -0.25) is 4.79 Å². The largest absolute Gasteiger partial charge is 0.391 e. The van der Waals surface area contributed by atoms with Gasteiger partial charge in [0.25, 0.3) is 0 Å². The molecule has 0 aliphatic rings. The lowest BCUT2D eigenvalue weighted by atomic mass is 10.0. The van der Waals surface area contributed by atoms with Crippen LogP contribution in [0, 0.1) is 0 Å². The van der Waals surface area contributed by atoms with Crippen LogP contribution in [0.15, 0.2) is 0 Å². The van der Waals surface area contributed by atoms with Gasteiger partial charge < -0.3 is 9.84 Å². The number of aliphatic hydroxyl groups is 1. The Labute approximate surface area is 154 Å². The first-order valence-electron chi connectivity index (χ1n) is 10.5.